The van der Waals surface area contributed by atoms with Crippen molar-refractivity contribution in [3.8, 4) is 0 Å². The van der Waals surface area contributed by atoms with E-state index in [1.54, 1.807) is 0 Å². The molecule has 0 radical (unpaired) electrons. The van der Waals surface area contributed by atoms with Crippen LogP contribution in [-0.2, 0) is 15.9 Å². The van der Waals surface area contributed by atoms with Gasteiger partial charge in [-0.25, -0.2) is 0 Å². The molecule has 17 heavy (non-hydrogen) atoms. The van der Waals surface area contributed by atoms with Crippen molar-refractivity contribution in [3.63, 3.8) is 0 Å². The van der Waals surface area contributed by atoms with Gasteiger partial charge in [-0.05, 0) is 20.8 Å². The predicted octanol–water partition coefficient (Wildman–Crippen LogP) is 1.29. The number of nitrogens with zero attached hydrogens (tertiary/aromatic N) is 2. The lowest BCUT2D eigenvalue weighted by Crippen LogP contribution is -2.48. The van der Waals surface area contributed by atoms with E-state index in [2.05, 4.69) is 32.8 Å². The highest BCUT2D eigenvalue weighted by atomic mass is 16.6. The van der Waals surface area contributed by atoms with Gasteiger partial charge in [0.1, 0.15) is 0 Å². The van der Waals surface area contributed by atoms with E-state index in [-0.39, 0.29) is 12.5 Å². The molecule has 0 aliphatic carbocycles. The van der Waals surface area contributed by atoms with Gasteiger partial charge in [0.15, 0.2) is 0 Å². The van der Waals surface area contributed by atoms with Crippen molar-refractivity contribution >= 4 is 12.6 Å². The average molecular weight is 236 g/mol. The molecule has 0 saturated carbocycles. The molecule has 1 aliphatic rings. The van der Waals surface area contributed by atoms with Crippen molar-refractivity contribution in [2.75, 3.05) is 13.2 Å². The molecule has 2 heterocycles. The van der Waals surface area contributed by atoms with Crippen molar-refractivity contribution in [2.45, 2.75) is 41.2 Å². The molecule has 1 saturated heterocycles. The predicted molar refractivity (Wildman–Crippen MR) is 68.4 cm³/mol. The highest BCUT2D eigenvalue weighted by Crippen LogP contribution is 2.22. The van der Waals surface area contributed by atoms with Crippen LogP contribution in [0, 0.1) is 19.3 Å². The monoisotopic (exact) mass is 236 g/mol. The fraction of sp³-hybridized carbons (Fsp3) is 0.750. The lowest BCUT2D eigenvalue weighted by molar-refractivity contribution is 0.0342. The fourth-order valence-electron chi connectivity index (χ4n) is 2.22. The Morgan fingerprint density at radius 2 is 1.88 bits per heavy atom. The van der Waals surface area contributed by atoms with E-state index in [1.807, 2.05) is 11.6 Å². The highest BCUT2D eigenvalue weighted by molar-refractivity contribution is 6.62. The summed E-state index contributed by atoms with van der Waals surface area (Å²) < 4.78 is 13.6. The Morgan fingerprint density at radius 3 is 2.35 bits per heavy atom. The van der Waals surface area contributed by atoms with Crippen molar-refractivity contribution in [2.24, 2.45) is 5.41 Å². The Kier molecular flexibility index (Phi) is 3.32. The zero-order valence-corrected chi connectivity index (χ0v) is 11.4. The molecule has 1 fully saturated rings. The summed E-state index contributed by atoms with van der Waals surface area (Å²) in [5.74, 6) is 0. The van der Waals surface area contributed by atoms with Crippen molar-refractivity contribution in [3.05, 3.63) is 11.4 Å². The van der Waals surface area contributed by atoms with E-state index < -0.39 is 0 Å². The van der Waals surface area contributed by atoms with Crippen LogP contribution in [0.25, 0.3) is 0 Å². The molecule has 0 aromatic carbocycles. The third kappa shape index (κ3) is 2.40. The van der Waals surface area contributed by atoms with Crippen LogP contribution in [0.1, 0.15) is 32.2 Å². The van der Waals surface area contributed by atoms with Crippen molar-refractivity contribution < 1.29 is 9.31 Å². The molecule has 1 aliphatic heterocycles. The summed E-state index contributed by atoms with van der Waals surface area (Å²) in [5, 5.41) is 4.50. The molecule has 1 aromatic rings. The molecule has 0 amide bonds. The summed E-state index contributed by atoms with van der Waals surface area (Å²) in [7, 11) is -0.247. The van der Waals surface area contributed by atoms with Gasteiger partial charge in [-0.3, -0.25) is 4.68 Å². The van der Waals surface area contributed by atoms with E-state index in [0.717, 1.165) is 36.6 Å². The molecule has 0 bridgehead atoms. The Labute approximate surface area is 103 Å². The zero-order valence-electron chi connectivity index (χ0n) is 11.4. The third-order valence-corrected chi connectivity index (χ3v) is 3.22. The van der Waals surface area contributed by atoms with E-state index in [9.17, 15) is 0 Å². The normalized spacial score (nSPS) is 19.7. The minimum Gasteiger partial charge on any atom is -0.407 e. The summed E-state index contributed by atoms with van der Waals surface area (Å²) in [6, 6.07) is 0. The van der Waals surface area contributed by atoms with Gasteiger partial charge in [0, 0.05) is 36.3 Å². The molecule has 0 spiro atoms. The lowest BCUT2D eigenvalue weighted by atomic mass is 9.74. The standard InChI is InChI=1S/C12H21BN2O2/c1-6-15-10(3)11(9(2)14-15)13-16-7-12(4,5)8-17-13/h6-8H2,1-5H3. The molecule has 4 nitrogen and oxygen atoms in total. The number of aromatic nitrogens is 2. The van der Waals surface area contributed by atoms with Crippen LogP contribution in [0.5, 0.6) is 0 Å². The number of hydrogen-bond acceptors (Lipinski definition) is 3. The van der Waals surface area contributed by atoms with E-state index >= 15 is 0 Å². The van der Waals surface area contributed by atoms with Crippen LogP contribution in [0.4, 0.5) is 0 Å². The van der Waals surface area contributed by atoms with Gasteiger partial charge in [-0.1, -0.05) is 13.8 Å². The van der Waals surface area contributed by atoms with Crippen LogP contribution in [-0.4, -0.2) is 30.1 Å². The lowest BCUT2D eigenvalue weighted by Gasteiger charge is -2.33. The summed E-state index contributed by atoms with van der Waals surface area (Å²) in [6.45, 7) is 12.8. The fourth-order valence-corrected chi connectivity index (χ4v) is 2.22. The Hall–Kier alpha value is -0.805. The highest BCUT2D eigenvalue weighted by Gasteiger charge is 2.36. The SMILES string of the molecule is CCn1nc(C)c(B2OCC(C)(C)CO2)c1C. The molecular formula is C12H21BN2O2. The second-order valence-corrected chi connectivity index (χ2v) is 5.52. The second kappa shape index (κ2) is 4.46. The van der Waals surface area contributed by atoms with E-state index in [4.69, 9.17) is 9.31 Å². The summed E-state index contributed by atoms with van der Waals surface area (Å²) >= 11 is 0. The summed E-state index contributed by atoms with van der Waals surface area (Å²) in [5.41, 5.74) is 3.37. The smallest absolute Gasteiger partial charge is 0.407 e. The first-order valence-corrected chi connectivity index (χ1v) is 6.22. The van der Waals surface area contributed by atoms with Gasteiger partial charge in [-0.2, -0.15) is 5.10 Å². The maximum atomic E-state index is 5.82. The average Bonchev–Trinajstić information content (AvgIpc) is 2.55. The van der Waals surface area contributed by atoms with E-state index in [1.165, 1.54) is 0 Å². The zero-order chi connectivity index (χ0) is 12.6. The van der Waals surface area contributed by atoms with Gasteiger partial charge >= 0.3 is 7.12 Å². The van der Waals surface area contributed by atoms with Crippen LogP contribution in [0.15, 0.2) is 0 Å². The maximum absolute atomic E-state index is 5.82. The maximum Gasteiger partial charge on any atom is 0.497 e. The Morgan fingerprint density at radius 1 is 1.29 bits per heavy atom. The molecule has 0 unspecified atom stereocenters. The molecular weight excluding hydrogens is 215 g/mol. The minimum absolute atomic E-state index is 0.110. The van der Waals surface area contributed by atoms with Gasteiger partial charge in [0.2, 0.25) is 0 Å². The van der Waals surface area contributed by atoms with Crippen LogP contribution >= 0.6 is 0 Å². The molecule has 0 atom stereocenters. The van der Waals surface area contributed by atoms with E-state index in [0.29, 0.717) is 0 Å². The minimum atomic E-state index is -0.247. The van der Waals surface area contributed by atoms with Gasteiger partial charge < -0.3 is 9.31 Å². The quantitative estimate of drug-likeness (QED) is 0.726. The Balaban J connectivity index is 2.21. The number of hydrogen-bond donors (Lipinski definition) is 0. The summed E-state index contributed by atoms with van der Waals surface area (Å²) in [6.07, 6.45) is 0. The Bertz CT molecular complexity index is 405. The van der Waals surface area contributed by atoms with Crippen LogP contribution in [0.3, 0.4) is 0 Å². The molecule has 94 valence electrons. The third-order valence-electron chi connectivity index (χ3n) is 3.22. The second-order valence-electron chi connectivity index (χ2n) is 5.52. The van der Waals surface area contributed by atoms with Gasteiger partial charge in [-0.15, -0.1) is 0 Å². The molecule has 1 aromatic heterocycles. The number of aryl methyl sites for hydroxylation is 2. The van der Waals surface area contributed by atoms with Crippen LogP contribution < -0.4 is 5.46 Å². The van der Waals surface area contributed by atoms with Crippen LogP contribution in [0.2, 0.25) is 0 Å². The largest absolute Gasteiger partial charge is 0.497 e. The topological polar surface area (TPSA) is 36.3 Å². The molecule has 5 heteroatoms. The van der Waals surface area contributed by atoms with Gasteiger partial charge in [0.25, 0.3) is 0 Å². The summed E-state index contributed by atoms with van der Waals surface area (Å²) in [4.78, 5) is 0. The van der Waals surface area contributed by atoms with Crippen molar-refractivity contribution in [1.29, 1.82) is 0 Å². The van der Waals surface area contributed by atoms with Gasteiger partial charge in [0.05, 0.1) is 5.69 Å². The first-order valence-electron chi connectivity index (χ1n) is 6.22. The molecule has 0 N–H and O–H groups in total. The number of rotatable bonds is 2. The first kappa shape index (κ1) is 12.6. The molecule has 2 rings (SSSR count). The van der Waals surface area contributed by atoms with Crippen molar-refractivity contribution in [1.82, 2.24) is 9.78 Å². The first-order chi connectivity index (χ1) is 7.94.